The Bertz CT molecular complexity index is 592. The van der Waals surface area contributed by atoms with Crippen molar-refractivity contribution in [3.8, 4) is 5.75 Å². The van der Waals surface area contributed by atoms with E-state index < -0.39 is 0 Å². The van der Waals surface area contributed by atoms with Gasteiger partial charge in [-0.3, -0.25) is 4.98 Å². The lowest BCUT2D eigenvalue weighted by Crippen LogP contribution is -2.24. The lowest BCUT2D eigenvalue weighted by atomic mass is 10.0. The highest BCUT2D eigenvalue weighted by Gasteiger charge is 2.21. The van der Waals surface area contributed by atoms with Gasteiger partial charge in [-0.1, -0.05) is 24.6 Å². The standard InChI is InChI=1S/C15H16ClFN2O/c1-3-18-14(15-12(16)5-4-8-19-15)11-7-6-10(20-2)9-13(11)17/h4-9,14,18H,3H2,1-2H3. The number of benzene rings is 1. The second-order valence-corrected chi connectivity index (χ2v) is 4.66. The van der Waals surface area contributed by atoms with Crippen molar-refractivity contribution < 1.29 is 9.13 Å². The van der Waals surface area contributed by atoms with Gasteiger partial charge in [0.05, 0.1) is 23.9 Å². The molecule has 1 aromatic heterocycles. The summed E-state index contributed by atoms with van der Waals surface area (Å²) in [4.78, 5) is 4.26. The molecule has 0 bridgehead atoms. The average molecular weight is 295 g/mol. The number of ether oxygens (including phenoxy) is 1. The highest BCUT2D eigenvalue weighted by Crippen LogP contribution is 2.29. The Morgan fingerprint density at radius 1 is 1.40 bits per heavy atom. The van der Waals surface area contributed by atoms with E-state index in [1.807, 2.05) is 6.92 Å². The Kier molecular flexibility index (Phi) is 4.93. The molecule has 0 saturated heterocycles. The molecule has 1 unspecified atom stereocenters. The average Bonchev–Trinajstić information content (AvgIpc) is 2.46. The molecule has 0 saturated carbocycles. The van der Waals surface area contributed by atoms with Crippen molar-refractivity contribution in [2.75, 3.05) is 13.7 Å². The lowest BCUT2D eigenvalue weighted by molar-refractivity contribution is 0.410. The van der Waals surface area contributed by atoms with Gasteiger partial charge in [0.1, 0.15) is 11.6 Å². The summed E-state index contributed by atoms with van der Waals surface area (Å²) in [6.45, 7) is 2.62. The van der Waals surface area contributed by atoms with Gasteiger partial charge < -0.3 is 10.1 Å². The maximum absolute atomic E-state index is 14.2. The quantitative estimate of drug-likeness (QED) is 0.915. The van der Waals surface area contributed by atoms with E-state index in [0.29, 0.717) is 28.6 Å². The normalized spacial score (nSPS) is 12.2. The largest absolute Gasteiger partial charge is 0.497 e. The van der Waals surface area contributed by atoms with Crippen LogP contribution in [-0.4, -0.2) is 18.6 Å². The summed E-state index contributed by atoms with van der Waals surface area (Å²) in [6.07, 6.45) is 1.65. The lowest BCUT2D eigenvalue weighted by Gasteiger charge is -2.19. The number of hydrogen-bond donors (Lipinski definition) is 1. The molecular formula is C15H16ClFN2O. The molecule has 0 spiro atoms. The van der Waals surface area contributed by atoms with Gasteiger partial charge in [0.2, 0.25) is 0 Å². The van der Waals surface area contributed by atoms with Crippen molar-refractivity contribution in [3.63, 3.8) is 0 Å². The number of rotatable bonds is 5. The van der Waals surface area contributed by atoms with Gasteiger partial charge in [-0.05, 0) is 24.7 Å². The molecule has 2 rings (SSSR count). The summed E-state index contributed by atoms with van der Waals surface area (Å²) in [6, 6.07) is 7.87. The molecule has 0 aliphatic carbocycles. The van der Waals surface area contributed by atoms with Crippen molar-refractivity contribution in [2.24, 2.45) is 0 Å². The first kappa shape index (κ1) is 14.8. The minimum Gasteiger partial charge on any atom is -0.497 e. The molecule has 0 radical (unpaired) electrons. The monoisotopic (exact) mass is 294 g/mol. The topological polar surface area (TPSA) is 34.1 Å². The number of nitrogens with zero attached hydrogens (tertiary/aromatic N) is 1. The Hall–Kier alpha value is -1.65. The molecule has 1 heterocycles. The summed E-state index contributed by atoms with van der Waals surface area (Å²) >= 11 is 6.17. The van der Waals surface area contributed by atoms with E-state index in [0.717, 1.165) is 0 Å². The first-order valence-corrected chi connectivity index (χ1v) is 6.72. The second kappa shape index (κ2) is 6.68. The summed E-state index contributed by atoms with van der Waals surface area (Å²) in [5.74, 6) is 0.130. The fraction of sp³-hybridized carbons (Fsp3) is 0.267. The van der Waals surface area contributed by atoms with Crippen molar-refractivity contribution in [1.29, 1.82) is 0 Å². The van der Waals surface area contributed by atoms with Crippen LogP contribution in [-0.2, 0) is 0 Å². The van der Waals surface area contributed by atoms with Crippen LogP contribution in [0.15, 0.2) is 36.5 Å². The van der Waals surface area contributed by atoms with Crippen LogP contribution in [0.2, 0.25) is 5.02 Å². The second-order valence-electron chi connectivity index (χ2n) is 4.25. The van der Waals surface area contributed by atoms with E-state index in [4.69, 9.17) is 16.3 Å². The van der Waals surface area contributed by atoms with Gasteiger partial charge in [0, 0.05) is 17.8 Å². The smallest absolute Gasteiger partial charge is 0.132 e. The van der Waals surface area contributed by atoms with Crippen LogP contribution in [0.4, 0.5) is 4.39 Å². The molecule has 0 amide bonds. The SMILES string of the molecule is CCNC(c1ccc(OC)cc1F)c1ncccc1Cl. The van der Waals surface area contributed by atoms with E-state index >= 15 is 0 Å². The molecule has 2 aromatic rings. The summed E-state index contributed by atoms with van der Waals surface area (Å²) in [5.41, 5.74) is 1.10. The van der Waals surface area contributed by atoms with Gasteiger partial charge in [-0.25, -0.2) is 4.39 Å². The predicted molar refractivity (Wildman–Crippen MR) is 77.7 cm³/mol. The maximum atomic E-state index is 14.2. The van der Waals surface area contributed by atoms with Crippen LogP contribution in [0.25, 0.3) is 0 Å². The molecule has 3 nitrogen and oxygen atoms in total. The zero-order valence-corrected chi connectivity index (χ0v) is 12.1. The fourth-order valence-corrected chi connectivity index (χ4v) is 2.27. The van der Waals surface area contributed by atoms with E-state index in [2.05, 4.69) is 10.3 Å². The first-order chi connectivity index (χ1) is 9.67. The van der Waals surface area contributed by atoms with Crippen molar-refractivity contribution in [2.45, 2.75) is 13.0 Å². The summed E-state index contributed by atoms with van der Waals surface area (Å²) < 4.78 is 19.3. The van der Waals surface area contributed by atoms with Crippen molar-refractivity contribution >= 4 is 11.6 Å². The van der Waals surface area contributed by atoms with Gasteiger partial charge in [-0.15, -0.1) is 0 Å². The number of halogens is 2. The highest BCUT2D eigenvalue weighted by atomic mass is 35.5. The Balaban J connectivity index is 2.46. The number of hydrogen-bond acceptors (Lipinski definition) is 3. The van der Waals surface area contributed by atoms with Crippen LogP contribution >= 0.6 is 11.6 Å². The Labute approximate surface area is 122 Å². The molecular weight excluding hydrogens is 279 g/mol. The van der Waals surface area contributed by atoms with Crippen molar-refractivity contribution in [1.82, 2.24) is 10.3 Å². The molecule has 1 aromatic carbocycles. The van der Waals surface area contributed by atoms with Crippen LogP contribution in [0.1, 0.15) is 24.2 Å². The number of aromatic nitrogens is 1. The maximum Gasteiger partial charge on any atom is 0.132 e. The molecule has 5 heteroatoms. The minimum atomic E-state index is -0.389. The van der Waals surface area contributed by atoms with E-state index in [1.54, 1.807) is 30.5 Å². The van der Waals surface area contributed by atoms with Crippen LogP contribution < -0.4 is 10.1 Å². The molecule has 0 fully saturated rings. The van der Waals surface area contributed by atoms with Crippen molar-refractivity contribution in [3.05, 3.63) is 58.6 Å². The molecule has 1 N–H and O–H groups in total. The van der Waals surface area contributed by atoms with E-state index in [1.165, 1.54) is 13.2 Å². The number of methoxy groups -OCH3 is 1. The predicted octanol–water partition coefficient (Wildman–Crippen LogP) is 3.58. The third-order valence-electron chi connectivity index (χ3n) is 2.99. The fourth-order valence-electron chi connectivity index (χ4n) is 2.04. The van der Waals surface area contributed by atoms with Crippen LogP contribution in [0.5, 0.6) is 5.75 Å². The zero-order valence-electron chi connectivity index (χ0n) is 11.4. The Morgan fingerprint density at radius 3 is 2.80 bits per heavy atom. The van der Waals surface area contributed by atoms with Gasteiger partial charge >= 0.3 is 0 Å². The van der Waals surface area contributed by atoms with E-state index in [9.17, 15) is 4.39 Å². The van der Waals surface area contributed by atoms with Gasteiger partial charge in [0.25, 0.3) is 0 Å². The summed E-state index contributed by atoms with van der Waals surface area (Å²) in [7, 11) is 1.51. The van der Waals surface area contributed by atoms with Gasteiger partial charge in [-0.2, -0.15) is 0 Å². The molecule has 0 aliphatic rings. The highest BCUT2D eigenvalue weighted by molar-refractivity contribution is 6.31. The minimum absolute atomic E-state index is 0.350. The first-order valence-electron chi connectivity index (χ1n) is 6.34. The molecule has 106 valence electrons. The summed E-state index contributed by atoms with van der Waals surface area (Å²) in [5, 5.41) is 3.71. The van der Waals surface area contributed by atoms with Gasteiger partial charge in [0.15, 0.2) is 0 Å². The Morgan fingerprint density at radius 2 is 2.20 bits per heavy atom. The molecule has 1 atom stereocenters. The molecule has 0 aliphatic heterocycles. The number of pyridine rings is 1. The number of nitrogens with one attached hydrogen (secondary N) is 1. The van der Waals surface area contributed by atoms with Crippen LogP contribution in [0.3, 0.4) is 0 Å². The van der Waals surface area contributed by atoms with Crippen LogP contribution in [0, 0.1) is 5.82 Å². The third kappa shape index (κ3) is 3.08. The molecule has 20 heavy (non-hydrogen) atoms. The van der Waals surface area contributed by atoms with E-state index in [-0.39, 0.29) is 11.9 Å². The zero-order chi connectivity index (χ0) is 14.5. The third-order valence-corrected chi connectivity index (χ3v) is 3.31.